The lowest BCUT2D eigenvalue weighted by molar-refractivity contribution is -0.121. The molecule has 1 atom stereocenters. The van der Waals surface area contributed by atoms with Gasteiger partial charge in [0.2, 0.25) is 5.91 Å². The fourth-order valence-corrected chi connectivity index (χ4v) is 4.34. The molecule has 8 heteroatoms. The molecule has 1 aromatic heterocycles. The lowest BCUT2D eigenvalue weighted by Crippen LogP contribution is -2.43. The fourth-order valence-electron chi connectivity index (χ4n) is 4.34. The maximum atomic E-state index is 13.2. The zero-order chi connectivity index (χ0) is 23.5. The lowest BCUT2D eigenvalue weighted by atomic mass is 9.96. The van der Waals surface area contributed by atoms with E-state index in [9.17, 15) is 19.2 Å². The quantitative estimate of drug-likeness (QED) is 0.684. The van der Waals surface area contributed by atoms with Crippen LogP contribution in [-0.2, 0) is 4.79 Å². The topological polar surface area (TPSA) is 99.7 Å². The van der Waals surface area contributed by atoms with E-state index < -0.39 is 0 Å². The zero-order valence-corrected chi connectivity index (χ0v) is 19.0. The Balaban J connectivity index is 1.45. The number of nitrogens with zero attached hydrogens (tertiary/aromatic N) is 3. The number of anilines is 1. The Morgan fingerprint density at radius 3 is 2.67 bits per heavy atom. The third-order valence-electron chi connectivity index (χ3n) is 6.17. The molecular weight excluding hydrogens is 420 g/mol. The van der Waals surface area contributed by atoms with E-state index in [2.05, 4.69) is 10.3 Å². The molecule has 4 amide bonds. The van der Waals surface area contributed by atoms with Gasteiger partial charge < -0.3 is 10.2 Å². The first-order chi connectivity index (χ1) is 15.9. The Hall–Kier alpha value is -3.55. The number of unbranched alkanes of at least 4 members (excludes halogenated alkanes) is 1. The van der Waals surface area contributed by atoms with E-state index >= 15 is 0 Å². The summed E-state index contributed by atoms with van der Waals surface area (Å²) in [5, 5.41) is 2.84. The van der Waals surface area contributed by atoms with Gasteiger partial charge >= 0.3 is 0 Å². The molecular formula is C25H28N4O4. The molecule has 8 nitrogen and oxygen atoms in total. The van der Waals surface area contributed by atoms with E-state index in [1.165, 1.54) is 11.0 Å². The molecule has 3 heterocycles. The van der Waals surface area contributed by atoms with Crippen LogP contribution in [0.15, 0.2) is 36.4 Å². The summed E-state index contributed by atoms with van der Waals surface area (Å²) in [4.78, 5) is 58.4. The van der Waals surface area contributed by atoms with Gasteiger partial charge in [0.25, 0.3) is 17.7 Å². The van der Waals surface area contributed by atoms with Crippen molar-refractivity contribution in [2.75, 3.05) is 25.0 Å². The number of imide groups is 1. The predicted molar refractivity (Wildman–Crippen MR) is 123 cm³/mol. The number of amides is 4. The number of hydrogen-bond acceptors (Lipinski definition) is 5. The summed E-state index contributed by atoms with van der Waals surface area (Å²) in [6.07, 6.45) is 3.01. The van der Waals surface area contributed by atoms with Crippen LogP contribution in [0.4, 0.5) is 5.82 Å². The number of likely N-dealkylation sites (tertiary alicyclic amines) is 1. The Labute approximate surface area is 193 Å². The van der Waals surface area contributed by atoms with E-state index in [1.807, 2.05) is 26.0 Å². The molecule has 0 spiro atoms. The molecule has 0 saturated carbocycles. The molecule has 0 radical (unpaired) electrons. The SMILES string of the molecule is CCCCN1C(=O)c2ccc(C(=O)N3CCCC(C(=O)Nc4cccc(C)n4)C3)cc2C1=O. The van der Waals surface area contributed by atoms with Crippen LogP contribution in [0.5, 0.6) is 0 Å². The minimum atomic E-state index is -0.348. The van der Waals surface area contributed by atoms with Crippen LogP contribution in [0, 0.1) is 12.8 Å². The van der Waals surface area contributed by atoms with E-state index in [4.69, 9.17) is 0 Å². The highest BCUT2D eigenvalue weighted by atomic mass is 16.2. The van der Waals surface area contributed by atoms with Crippen LogP contribution in [0.3, 0.4) is 0 Å². The number of nitrogens with one attached hydrogen (secondary N) is 1. The first kappa shape index (κ1) is 22.6. The maximum absolute atomic E-state index is 13.2. The first-order valence-corrected chi connectivity index (χ1v) is 11.4. The number of aryl methyl sites for hydroxylation is 1. The van der Waals surface area contributed by atoms with Gasteiger partial charge in [0.15, 0.2) is 0 Å². The molecule has 0 aliphatic carbocycles. The number of carbonyl (C=O) groups is 4. The highest BCUT2D eigenvalue weighted by Gasteiger charge is 2.36. The molecule has 1 N–H and O–H groups in total. The number of carbonyl (C=O) groups excluding carboxylic acids is 4. The van der Waals surface area contributed by atoms with Crippen LogP contribution >= 0.6 is 0 Å². The van der Waals surface area contributed by atoms with Crippen LogP contribution in [0.1, 0.15) is 69.4 Å². The molecule has 1 fully saturated rings. The highest BCUT2D eigenvalue weighted by Crippen LogP contribution is 2.26. The number of piperidine rings is 1. The molecule has 2 aromatic rings. The number of pyridine rings is 1. The second kappa shape index (κ2) is 9.52. The normalized spacial score (nSPS) is 17.8. The highest BCUT2D eigenvalue weighted by molar-refractivity contribution is 6.22. The third kappa shape index (κ3) is 4.65. The van der Waals surface area contributed by atoms with Crippen molar-refractivity contribution in [3.63, 3.8) is 0 Å². The van der Waals surface area contributed by atoms with Gasteiger partial charge in [-0.15, -0.1) is 0 Å². The summed E-state index contributed by atoms with van der Waals surface area (Å²) in [5.41, 5.74) is 1.78. The second-order valence-corrected chi connectivity index (χ2v) is 8.62. The minimum Gasteiger partial charge on any atom is -0.338 e. The van der Waals surface area contributed by atoms with Gasteiger partial charge in [-0.05, 0) is 56.5 Å². The molecule has 0 bridgehead atoms. The molecule has 172 valence electrons. The summed E-state index contributed by atoms with van der Waals surface area (Å²) in [7, 11) is 0. The Bertz CT molecular complexity index is 1110. The van der Waals surface area contributed by atoms with Gasteiger partial charge in [-0.2, -0.15) is 0 Å². The Kier molecular flexibility index (Phi) is 6.53. The Morgan fingerprint density at radius 2 is 1.91 bits per heavy atom. The molecule has 1 unspecified atom stereocenters. The van der Waals surface area contributed by atoms with Crippen molar-refractivity contribution >= 4 is 29.4 Å². The second-order valence-electron chi connectivity index (χ2n) is 8.62. The van der Waals surface area contributed by atoms with E-state index in [0.717, 1.165) is 18.5 Å². The van der Waals surface area contributed by atoms with Crippen molar-refractivity contribution in [3.05, 3.63) is 58.8 Å². The smallest absolute Gasteiger partial charge is 0.261 e. The number of rotatable bonds is 6. The molecule has 4 rings (SSSR count). The number of hydrogen-bond donors (Lipinski definition) is 1. The van der Waals surface area contributed by atoms with Crippen LogP contribution in [-0.4, -0.2) is 58.0 Å². The minimum absolute atomic E-state index is 0.160. The summed E-state index contributed by atoms with van der Waals surface area (Å²) in [6, 6.07) is 10.1. The third-order valence-corrected chi connectivity index (χ3v) is 6.17. The summed E-state index contributed by atoms with van der Waals surface area (Å²) >= 11 is 0. The lowest BCUT2D eigenvalue weighted by Gasteiger charge is -2.32. The molecule has 1 saturated heterocycles. The van der Waals surface area contributed by atoms with Gasteiger partial charge in [0.1, 0.15) is 5.82 Å². The number of benzene rings is 1. The van der Waals surface area contributed by atoms with Gasteiger partial charge in [0, 0.05) is 30.9 Å². The first-order valence-electron chi connectivity index (χ1n) is 11.4. The van der Waals surface area contributed by atoms with Crippen molar-refractivity contribution in [1.82, 2.24) is 14.8 Å². The van der Waals surface area contributed by atoms with Gasteiger partial charge in [-0.3, -0.25) is 24.1 Å². The van der Waals surface area contributed by atoms with Crippen molar-refractivity contribution in [2.45, 2.75) is 39.5 Å². The average Bonchev–Trinajstić information content (AvgIpc) is 3.06. The van der Waals surface area contributed by atoms with Crippen molar-refractivity contribution in [1.29, 1.82) is 0 Å². The molecule has 33 heavy (non-hydrogen) atoms. The van der Waals surface area contributed by atoms with Crippen LogP contribution < -0.4 is 5.32 Å². The number of fused-ring (bicyclic) bond motifs is 1. The zero-order valence-electron chi connectivity index (χ0n) is 19.0. The molecule has 2 aliphatic rings. The standard InChI is InChI=1S/C25H28N4O4/c1-3-4-13-29-24(32)19-11-10-17(14-20(19)25(29)33)23(31)28-12-6-8-18(15-28)22(30)27-21-9-5-7-16(2)26-21/h5,7,9-11,14,18H,3-4,6,8,12-13,15H2,1-2H3,(H,26,27,30). The van der Waals surface area contributed by atoms with Crippen molar-refractivity contribution in [3.8, 4) is 0 Å². The van der Waals surface area contributed by atoms with Crippen LogP contribution in [0.2, 0.25) is 0 Å². The summed E-state index contributed by atoms with van der Waals surface area (Å²) in [6.45, 7) is 5.07. The van der Waals surface area contributed by atoms with Gasteiger partial charge in [0.05, 0.1) is 17.0 Å². The molecule has 1 aromatic carbocycles. The fraction of sp³-hybridized carbons (Fsp3) is 0.400. The van der Waals surface area contributed by atoms with E-state index in [0.29, 0.717) is 49.4 Å². The number of aromatic nitrogens is 1. The van der Waals surface area contributed by atoms with Gasteiger partial charge in [-0.1, -0.05) is 19.4 Å². The van der Waals surface area contributed by atoms with E-state index in [-0.39, 0.29) is 35.1 Å². The maximum Gasteiger partial charge on any atom is 0.261 e. The predicted octanol–water partition coefficient (Wildman–Crippen LogP) is 3.28. The van der Waals surface area contributed by atoms with Gasteiger partial charge in [-0.25, -0.2) is 4.98 Å². The Morgan fingerprint density at radius 1 is 1.12 bits per heavy atom. The summed E-state index contributed by atoms with van der Waals surface area (Å²) < 4.78 is 0. The van der Waals surface area contributed by atoms with Crippen molar-refractivity contribution in [2.24, 2.45) is 5.92 Å². The van der Waals surface area contributed by atoms with Crippen molar-refractivity contribution < 1.29 is 19.2 Å². The average molecular weight is 449 g/mol. The monoisotopic (exact) mass is 448 g/mol. The molecule has 2 aliphatic heterocycles. The largest absolute Gasteiger partial charge is 0.338 e. The summed E-state index contributed by atoms with van der Waals surface area (Å²) in [5.74, 6) is -0.894. The van der Waals surface area contributed by atoms with E-state index in [1.54, 1.807) is 23.1 Å². The van der Waals surface area contributed by atoms with Crippen LogP contribution in [0.25, 0.3) is 0 Å².